The summed E-state index contributed by atoms with van der Waals surface area (Å²) in [6, 6.07) is -0.252. The van der Waals surface area contributed by atoms with E-state index in [1.807, 2.05) is 0 Å². The topological polar surface area (TPSA) is 91.8 Å². The molecular weight excluding hydrogens is 282 g/mol. The van der Waals surface area contributed by atoms with E-state index >= 15 is 0 Å². The summed E-state index contributed by atoms with van der Waals surface area (Å²) in [7, 11) is -1.38. The number of sulfone groups is 1. The fourth-order valence-electron chi connectivity index (χ4n) is 3.19. The minimum atomic E-state index is -3.02. The molecule has 3 unspecified atom stereocenters. The Morgan fingerprint density at radius 3 is 2.35 bits per heavy atom. The number of aliphatic carboxylic acids is 1. The Morgan fingerprint density at radius 2 is 1.80 bits per heavy atom. The van der Waals surface area contributed by atoms with Crippen LogP contribution in [0.2, 0.25) is 0 Å². The minimum Gasteiger partial charge on any atom is -0.481 e. The molecule has 20 heavy (non-hydrogen) atoms. The van der Waals surface area contributed by atoms with Crippen LogP contribution in [0, 0.1) is 11.8 Å². The van der Waals surface area contributed by atoms with Crippen molar-refractivity contribution in [1.29, 1.82) is 0 Å². The van der Waals surface area contributed by atoms with E-state index in [0.29, 0.717) is 25.7 Å². The third kappa shape index (κ3) is 3.31. The van der Waals surface area contributed by atoms with Crippen LogP contribution in [-0.2, 0) is 19.4 Å². The normalized spacial score (nSPS) is 32.8. The van der Waals surface area contributed by atoms with E-state index in [1.54, 1.807) is 7.05 Å². The van der Waals surface area contributed by atoms with Crippen LogP contribution < -0.4 is 0 Å². The van der Waals surface area contributed by atoms with Gasteiger partial charge in [-0.05, 0) is 25.7 Å². The number of hydrogen-bond acceptors (Lipinski definition) is 4. The summed E-state index contributed by atoms with van der Waals surface area (Å²) in [4.78, 5) is 25.0. The van der Waals surface area contributed by atoms with Gasteiger partial charge in [-0.1, -0.05) is 6.42 Å². The van der Waals surface area contributed by atoms with Gasteiger partial charge in [-0.15, -0.1) is 0 Å². The second-order valence-corrected chi connectivity index (χ2v) is 8.13. The minimum absolute atomic E-state index is 0.0321. The molecule has 0 aromatic rings. The molecule has 1 aliphatic heterocycles. The number of nitrogens with zero attached hydrogens (tertiary/aromatic N) is 1. The highest BCUT2D eigenvalue weighted by Crippen LogP contribution is 2.31. The summed E-state index contributed by atoms with van der Waals surface area (Å²) in [5.74, 6) is -1.50. The Kier molecular flexibility index (Phi) is 4.36. The van der Waals surface area contributed by atoms with E-state index in [9.17, 15) is 18.0 Å². The Labute approximate surface area is 119 Å². The molecule has 114 valence electrons. The van der Waals surface area contributed by atoms with Crippen molar-refractivity contribution >= 4 is 21.7 Å². The van der Waals surface area contributed by atoms with E-state index in [-0.39, 0.29) is 29.4 Å². The van der Waals surface area contributed by atoms with Gasteiger partial charge in [-0.3, -0.25) is 9.59 Å². The van der Waals surface area contributed by atoms with Gasteiger partial charge in [0.25, 0.3) is 0 Å². The Hall–Kier alpha value is -1.11. The van der Waals surface area contributed by atoms with Gasteiger partial charge in [0.2, 0.25) is 5.91 Å². The van der Waals surface area contributed by atoms with Crippen molar-refractivity contribution in [2.75, 3.05) is 18.6 Å². The first-order valence-electron chi connectivity index (χ1n) is 7.00. The number of hydrogen-bond donors (Lipinski definition) is 1. The van der Waals surface area contributed by atoms with E-state index in [2.05, 4.69) is 0 Å². The predicted octanol–water partition coefficient (Wildman–Crippen LogP) is 0.523. The lowest BCUT2D eigenvalue weighted by atomic mass is 9.80. The fourth-order valence-corrected chi connectivity index (χ4v) is 4.96. The predicted molar refractivity (Wildman–Crippen MR) is 72.9 cm³/mol. The summed E-state index contributed by atoms with van der Waals surface area (Å²) < 4.78 is 22.9. The van der Waals surface area contributed by atoms with Crippen LogP contribution in [0.3, 0.4) is 0 Å². The molecule has 6 nitrogen and oxygen atoms in total. The first-order chi connectivity index (χ1) is 9.30. The molecule has 0 radical (unpaired) electrons. The fraction of sp³-hybridized carbons (Fsp3) is 0.846. The zero-order chi connectivity index (χ0) is 14.9. The van der Waals surface area contributed by atoms with E-state index in [1.165, 1.54) is 4.90 Å². The van der Waals surface area contributed by atoms with Gasteiger partial charge in [0.1, 0.15) is 0 Å². The van der Waals surface area contributed by atoms with Gasteiger partial charge in [0.05, 0.1) is 17.4 Å². The van der Waals surface area contributed by atoms with Crippen molar-refractivity contribution < 1.29 is 23.1 Å². The lowest BCUT2D eigenvalue weighted by Crippen LogP contribution is -2.43. The van der Waals surface area contributed by atoms with Gasteiger partial charge in [0.15, 0.2) is 9.84 Å². The van der Waals surface area contributed by atoms with E-state index < -0.39 is 21.7 Å². The lowest BCUT2D eigenvalue weighted by Gasteiger charge is -2.32. The summed E-state index contributed by atoms with van der Waals surface area (Å²) >= 11 is 0. The molecule has 0 aromatic heterocycles. The summed E-state index contributed by atoms with van der Waals surface area (Å²) in [6.45, 7) is 0. The highest BCUT2D eigenvalue weighted by molar-refractivity contribution is 7.91. The Morgan fingerprint density at radius 1 is 1.15 bits per heavy atom. The van der Waals surface area contributed by atoms with Gasteiger partial charge in [-0.2, -0.15) is 0 Å². The average molecular weight is 303 g/mol. The standard InChI is InChI=1S/C13H21NO5S/c1-14(11-5-6-20(18,19)8-11)12(15)9-3-2-4-10(7-9)13(16)17/h9-11H,2-8H2,1H3,(H,16,17). The number of carboxylic acids is 1. The number of carboxylic acid groups (broad SMARTS) is 1. The molecular formula is C13H21NO5S. The molecule has 1 N–H and O–H groups in total. The van der Waals surface area contributed by atoms with Crippen molar-refractivity contribution in [3.8, 4) is 0 Å². The number of amides is 1. The summed E-state index contributed by atoms with van der Waals surface area (Å²) in [6.07, 6.45) is 2.93. The zero-order valence-electron chi connectivity index (χ0n) is 11.6. The summed E-state index contributed by atoms with van der Waals surface area (Å²) in [5, 5.41) is 9.05. The van der Waals surface area contributed by atoms with Crippen molar-refractivity contribution in [1.82, 2.24) is 4.90 Å². The van der Waals surface area contributed by atoms with Crippen LogP contribution in [0.5, 0.6) is 0 Å². The molecule has 7 heteroatoms. The second kappa shape index (κ2) is 5.71. The molecule has 1 heterocycles. The Balaban J connectivity index is 1.98. The van der Waals surface area contributed by atoms with Crippen molar-refractivity contribution in [2.45, 2.75) is 38.1 Å². The van der Waals surface area contributed by atoms with Crippen LogP contribution >= 0.6 is 0 Å². The third-order valence-electron chi connectivity index (χ3n) is 4.48. The molecule has 1 saturated carbocycles. The maximum Gasteiger partial charge on any atom is 0.306 e. The molecule has 2 rings (SSSR count). The van der Waals surface area contributed by atoms with Gasteiger partial charge in [0, 0.05) is 19.0 Å². The zero-order valence-corrected chi connectivity index (χ0v) is 12.4. The van der Waals surface area contributed by atoms with Crippen molar-refractivity contribution in [3.05, 3.63) is 0 Å². The number of rotatable bonds is 3. The molecule has 3 atom stereocenters. The molecule has 2 aliphatic rings. The van der Waals surface area contributed by atoms with Crippen LogP contribution in [0.4, 0.5) is 0 Å². The number of carbonyl (C=O) groups excluding carboxylic acids is 1. The second-order valence-electron chi connectivity index (χ2n) is 5.90. The van der Waals surface area contributed by atoms with Crippen LogP contribution in [0.25, 0.3) is 0 Å². The van der Waals surface area contributed by atoms with Crippen LogP contribution in [0.1, 0.15) is 32.1 Å². The van der Waals surface area contributed by atoms with Gasteiger partial charge >= 0.3 is 5.97 Å². The molecule has 0 aromatic carbocycles. The first kappa shape index (κ1) is 15.3. The SMILES string of the molecule is CN(C(=O)C1CCCC(C(=O)O)C1)C1CCS(=O)(=O)C1. The molecule has 1 saturated heterocycles. The molecule has 1 amide bonds. The molecule has 1 aliphatic carbocycles. The third-order valence-corrected chi connectivity index (χ3v) is 6.23. The maximum atomic E-state index is 12.4. The Bertz CT molecular complexity index is 501. The maximum absolute atomic E-state index is 12.4. The van der Waals surface area contributed by atoms with Crippen molar-refractivity contribution in [2.24, 2.45) is 11.8 Å². The molecule has 0 spiro atoms. The monoisotopic (exact) mass is 303 g/mol. The lowest BCUT2D eigenvalue weighted by molar-refractivity contribution is -0.145. The highest BCUT2D eigenvalue weighted by atomic mass is 32.2. The number of carbonyl (C=O) groups is 2. The van der Waals surface area contributed by atoms with Crippen LogP contribution in [-0.4, -0.2) is 54.9 Å². The largest absolute Gasteiger partial charge is 0.481 e. The van der Waals surface area contributed by atoms with Crippen molar-refractivity contribution in [3.63, 3.8) is 0 Å². The smallest absolute Gasteiger partial charge is 0.306 e. The van der Waals surface area contributed by atoms with Gasteiger partial charge < -0.3 is 10.0 Å². The van der Waals surface area contributed by atoms with E-state index in [0.717, 1.165) is 6.42 Å². The van der Waals surface area contributed by atoms with Gasteiger partial charge in [-0.25, -0.2) is 8.42 Å². The average Bonchev–Trinajstić information content (AvgIpc) is 2.77. The molecule has 0 bridgehead atoms. The van der Waals surface area contributed by atoms with E-state index in [4.69, 9.17) is 5.11 Å². The quantitative estimate of drug-likeness (QED) is 0.821. The summed E-state index contributed by atoms with van der Waals surface area (Å²) in [5.41, 5.74) is 0. The highest BCUT2D eigenvalue weighted by Gasteiger charge is 2.37. The first-order valence-corrected chi connectivity index (χ1v) is 8.82. The molecule has 2 fully saturated rings. The van der Waals surface area contributed by atoms with Crippen LogP contribution in [0.15, 0.2) is 0 Å².